The number of carbonyl (C=O) groups is 2. The lowest BCUT2D eigenvalue weighted by atomic mass is 10.1. The summed E-state index contributed by atoms with van der Waals surface area (Å²) < 4.78 is 0. The first-order valence-corrected chi connectivity index (χ1v) is 7.03. The number of phenols is 2. The quantitative estimate of drug-likeness (QED) is 0.500. The van der Waals surface area contributed by atoms with E-state index in [1.807, 2.05) is 30.5 Å². The molecule has 3 N–H and O–H groups in total. The Bertz CT molecular complexity index is 974. The Kier molecular flexibility index (Phi) is 2.68. The first-order chi connectivity index (χ1) is 11.1. The highest BCUT2D eigenvalue weighted by atomic mass is 16.3. The van der Waals surface area contributed by atoms with Gasteiger partial charge in [-0.3, -0.25) is 14.5 Å². The van der Waals surface area contributed by atoms with Crippen molar-refractivity contribution in [3.05, 3.63) is 59.3 Å². The standard InChI is InChI=1S/C17H12N2O4/c20-13-4-3-11-14(15(13)21)17(23)19(16(11)22)8-9-1-2-10-5-6-18-12(10)7-9/h1-7,18,20-21H,8H2. The zero-order valence-electron chi connectivity index (χ0n) is 11.9. The van der Waals surface area contributed by atoms with Gasteiger partial charge in [-0.1, -0.05) is 12.1 Å². The van der Waals surface area contributed by atoms with Gasteiger partial charge in [-0.15, -0.1) is 0 Å². The number of fused-ring (bicyclic) bond motifs is 2. The maximum absolute atomic E-state index is 12.4. The van der Waals surface area contributed by atoms with Crippen molar-refractivity contribution in [3.8, 4) is 11.5 Å². The molecule has 0 aliphatic carbocycles. The number of hydrogen-bond acceptors (Lipinski definition) is 4. The van der Waals surface area contributed by atoms with Gasteiger partial charge in [-0.25, -0.2) is 0 Å². The molecule has 0 bridgehead atoms. The maximum Gasteiger partial charge on any atom is 0.265 e. The van der Waals surface area contributed by atoms with Crippen LogP contribution in [0, 0.1) is 0 Å². The van der Waals surface area contributed by atoms with Gasteiger partial charge in [-0.05, 0) is 35.2 Å². The van der Waals surface area contributed by atoms with E-state index < -0.39 is 23.3 Å². The molecule has 2 aromatic carbocycles. The van der Waals surface area contributed by atoms with E-state index in [1.165, 1.54) is 12.1 Å². The molecule has 3 aromatic rings. The number of aromatic hydroxyl groups is 2. The average molecular weight is 308 g/mol. The van der Waals surface area contributed by atoms with Crippen LogP contribution < -0.4 is 0 Å². The molecular formula is C17H12N2O4. The number of aromatic nitrogens is 1. The third kappa shape index (κ3) is 1.88. The summed E-state index contributed by atoms with van der Waals surface area (Å²) in [6.07, 6.45) is 1.82. The number of aromatic amines is 1. The molecule has 0 atom stereocenters. The monoisotopic (exact) mass is 308 g/mol. The minimum Gasteiger partial charge on any atom is -0.504 e. The van der Waals surface area contributed by atoms with E-state index in [0.29, 0.717) is 0 Å². The Hall–Kier alpha value is -3.28. The molecule has 1 aromatic heterocycles. The number of H-pyrrole nitrogens is 1. The van der Waals surface area contributed by atoms with Gasteiger partial charge in [0.1, 0.15) is 0 Å². The molecule has 6 nitrogen and oxygen atoms in total. The molecule has 0 fully saturated rings. The first-order valence-electron chi connectivity index (χ1n) is 7.03. The van der Waals surface area contributed by atoms with Gasteiger partial charge < -0.3 is 15.2 Å². The number of hydrogen-bond donors (Lipinski definition) is 3. The lowest BCUT2D eigenvalue weighted by Gasteiger charge is -2.13. The third-order valence-corrected chi connectivity index (χ3v) is 4.05. The van der Waals surface area contributed by atoms with E-state index in [-0.39, 0.29) is 17.7 Å². The predicted octanol–water partition coefficient (Wildman–Crippen LogP) is 2.38. The van der Waals surface area contributed by atoms with Crippen LogP contribution in [0.15, 0.2) is 42.6 Å². The highest BCUT2D eigenvalue weighted by Gasteiger charge is 2.38. The summed E-state index contributed by atoms with van der Waals surface area (Å²) in [5.41, 5.74) is 1.67. The SMILES string of the molecule is O=C1c2ccc(O)c(O)c2C(=O)N1Cc1ccc2cc[nH]c2c1. The fourth-order valence-corrected chi connectivity index (χ4v) is 2.87. The first kappa shape index (κ1) is 13.4. The van der Waals surface area contributed by atoms with Gasteiger partial charge >= 0.3 is 0 Å². The van der Waals surface area contributed by atoms with Crippen LogP contribution >= 0.6 is 0 Å². The fraction of sp³-hybridized carbons (Fsp3) is 0.0588. The van der Waals surface area contributed by atoms with Gasteiger partial charge in [-0.2, -0.15) is 0 Å². The molecule has 1 aliphatic rings. The number of rotatable bonds is 2. The normalized spacial score (nSPS) is 13.8. The van der Waals surface area contributed by atoms with Crippen LogP contribution in [-0.2, 0) is 6.54 Å². The lowest BCUT2D eigenvalue weighted by molar-refractivity contribution is 0.0641. The van der Waals surface area contributed by atoms with Crippen LogP contribution in [0.25, 0.3) is 10.9 Å². The number of imide groups is 1. The number of nitrogens with one attached hydrogen (secondary N) is 1. The molecule has 0 unspecified atom stereocenters. The number of carbonyl (C=O) groups excluding carboxylic acids is 2. The zero-order valence-corrected chi connectivity index (χ0v) is 11.9. The van der Waals surface area contributed by atoms with E-state index in [4.69, 9.17) is 0 Å². The molecule has 1 aliphatic heterocycles. The highest BCUT2D eigenvalue weighted by Crippen LogP contribution is 2.37. The lowest BCUT2D eigenvalue weighted by Crippen LogP contribution is -2.29. The fourth-order valence-electron chi connectivity index (χ4n) is 2.87. The van der Waals surface area contributed by atoms with Crippen molar-refractivity contribution in [2.75, 3.05) is 0 Å². The molecule has 114 valence electrons. The van der Waals surface area contributed by atoms with E-state index in [0.717, 1.165) is 21.4 Å². The molecule has 0 radical (unpaired) electrons. The Balaban J connectivity index is 1.72. The molecule has 6 heteroatoms. The topological polar surface area (TPSA) is 93.6 Å². The third-order valence-electron chi connectivity index (χ3n) is 4.05. The van der Waals surface area contributed by atoms with E-state index in [9.17, 15) is 19.8 Å². The van der Waals surface area contributed by atoms with Gasteiger partial charge in [0.2, 0.25) is 0 Å². The Morgan fingerprint density at radius 1 is 1.00 bits per heavy atom. The van der Waals surface area contributed by atoms with Crippen molar-refractivity contribution >= 4 is 22.7 Å². The molecule has 23 heavy (non-hydrogen) atoms. The highest BCUT2D eigenvalue weighted by molar-refractivity contribution is 6.22. The van der Waals surface area contributed by atoms with Crippen LogP contribution in [0.2, 0.25) is 0 Å². The average Bonchev–Trinajstić information content (AvgIpc) is 3.09. The summed E-state index contributed by atoms with van der Waals surface area (Å²) in [6, 6.07) is 10.1. The van der Waals surface area contributed by atoms with Crippen molar-refractivity contribution in [3.63, 3.8) is 0 Å². The summed E-state index contributed by atoms with van der Waals surface area (Å²) in [7, 11) is 0. The van der Waals surface area contributed by atoms with Gasteiger partial charge in [0.05, 0.1) is 17.7 Å². The summed E-state index contributed by atoms with van der Waals surface area (Å²) >= 11 is 0. The summed E-state index contributed by atoms with van der Waals surface area (Å²) in [5, 5.41) is 20.4. The van der Waals surface area contributed by atoms with Crippen molar-refractivity contribution in [2.45, 2.75) is 6.54 Å². The second-order valence-electron chi connectivity index (χ2n) is 5.45. The number of benzene rings is 2. The Morgan fingerprint density at radius 2 is 1.83 bits per heavy atom. The van der Waals surface area contributed by atoms with Crippen molar-refractivity contribution in [1.82, 2.24) is 9.88 Å². The van der Waals surface area contributed by atoms with Crippen LogP contribution in [0.3, 0.4) is 0 Å². The number of amides is 2. The van der Waals surface area contributed by atoms with E-state index in [2.05, 4.69) is 4.98 Å². The molecule has 0 spiro atoms. The molecule has 2 heterocycles. The van der Waals surface area contributed by atoms with Gasteiger partial charge in [0.25, 0.3) is 11.8 Å². The van der Waals surface area contributed by atoms with Crippen molar-refractivity contribution < 1.29 is 19.8 Å². The minimum absolute atomic E-state index is 0.0987. The summed E-state index contributed by atoms with van der Waals surface area (Å²) in [4.78, 5) is 29.0. The van der Waals surface area contributed by atoms with E-state index >= 15 is 0 Å². The second-order valence-corrected chi connectivity index (χ2v) is 5.45. The Labute approximate surface area is 130 Å². The molecule has 2 amide bonds. The van der Waals surface area contributed by atoms with E-state index in [1.54, 1.807) is 0 Å². The van der Waals surface area contributed by atoms with Crippen LogP contribution in [-0.4, -0.2) is 31.9 Å². The molecule has 0 saturated carbocycles. The summed E-state index contributed by atoms with van der Waals surface area (Å²) in [5.74, 6) is -2.06. The largest absolute Gasteiger partial charge is 0.504 e. The van der Waals surface area contributed by atoms with Crippen LogP contribution in [0.1, 0.15) is 26.3 Å². The maximum atomic E-state index is 12.4. The number of phenolic OH excluding ortho intramolecular Hbond substituents is 2. The molecule has 0 saturated heterocycles. The molecule has 4 rings (SSSR count). The van der Waals surface area contributed by atoms with Crippen LogP contribution in [0.5, 0.6) is 11.5 Å². The second kappa shape index (κ2) is 4.61. The minimum atomic E-state index is -0.606. The van der Waals surface area contributed by atoms with Gasteiger partial charge in [0, 0.05) is 11.7 Å². The van der Waals surface area contributed by atoms with Gasteiger partial charge in [0.15, 0.2) is 11.5 Å². The molecular weight excluding hydrogens is 296 g/mol. The van der Waals surface area contributed by atoms with Crippen molar-refractivity contribution in [2.24, 2.45) is 0 Å². The smallest absolute Gasteiger partial charge is 0.265 e. The Morgan fingerprint density at radius 3 is 2.65 bits per heavy atom. The number of nitrogens with zero attached hydrogens (tertiary/aromatic N) is 1. The zero-order chi connectivity index (χ0) is 16.1. The predicted molar refractivity (Wildman–Crippen MR) is 82.3 cm³/mol. The van der Waals surface area contributed by atoms with Crippen molar-refractivity contribution in [1.29, 1.82) is 0 Å². The summed E-state index contributed by atoms with van der Waals surface area (Å²) in [6.45, 7) is 0.0987. The van der Waals surface area contributed by atoms with Crippen LogP contribution in [0.4, 0.5) is 0 Å².